The van der Waals surface area contributed by atoms with Crippen molar-refractivity contribution in [2.75, 3.05) is 11.9 Å². The van der Waals surface area contributed by atoms with Gasteiger partial charge in [0.1, 0.15) is 0 Å². The third-order valence-electron chi connectivity index (χ3n) is 3.58. The molecule has 0 fully saturated rings. The van der Waals surface area contributed by atoms with Crippen LogP contribution in [-0.4, -0.2) is 24.4 Å². The van der Waals surface area contributed by atoms with Gasteiger partial charge in [-0.3, -0.25) is 9.59 Å². The number of benzene rings is 2. The molecule has 0 bridgehead atoms. The fourth-order valence-electron chi connectivity index (χ4n) is 2.46. The Morgan fingerprint density at radius 2 is 1.78 bits per heavy atom. The van der Waals surface area contributed by atoms with Crippen LogP contribution in [0.15, 0.2) is 42.5 Å². The highest BCUT2D eigenvalue weighted by molar-refractivity contribution is 5.97. The molecule has 0 aromatic heterocycles. The molecule has 0 saturated heterocycles. The Bertz CT molecular complexity index is 697. The summed E-state index contributed by atoms with van der Waals surface area (Å²) in [5.74, 6) is -0.0348. The molecule has 2 rings (SSSR count). The normalized spacial score (nSPS) is 12.2. The molecule has 0 heterocycles. The van der Waals surface area contributed by atoms with Gasteiger partial charge in [-0.2, -0.15) is 0 Å². The maximum Gasteiger partial charge on any atom is 0.278 e. The van der Waals surface area contributed by atoms with Gasteiger partial charge >= 0.3 is 0 Å². The first-order valence-corrected chi connectivity index (χ1v) is 7.85. The van der Waals surface area contributed by atoms with Crippen molar-refractivity contribution in [2.24, 2.45) is 5.92 Å². The molecular formula is C18H24N3O2+. The molecule has 0 saturated carbocycles. The summed E-state index contributed by atoms with van der Waals surface area (Å²) in [7, 11) is 0. The Kier molecular flexibility index (Phi) is 5.71. The van der Waals surface area contributed by atoms with Gasteiger partial charge in [-0.1, -0.05) is 44.2 Å². The van der Waals surface area contributed by atoms with Crippen LogP contribution in [0.3, 0.4) is 0 Å². The number of carbonyl (C=O) groups is 2. The summed E-state index contributed by atoms with van der Waals surface area (Å²) in [4.78, 5) is 23.8. The van der Waals surface area contributed by atoms with Crippen LogP contribution in [0, 0.1) is 5.92 Å². The Morgan fingerprint density at radius 1 is 1.09 bits per heavy atom. The molecule has 0 unspecified atom stereocenters. The third kappa shape index (κ3) is 5.07. The van der Waals surface area contributed by atoms with Gasteiger partial charge in [-0.15, -0.1) is 0 Å². The Labute approximate surface area is 136 Å². The van der Waals surface area contributed by atoms with E-state index in [1.54, 1.807) is 0 Å². The van der Waals surface area contributed by atoms with Crippen molar-refractivity contribution in [1.82, 2.24) is 5.32 Å². The molecule has 5 heteroatoms. The summed E-state index contributed by atoms with van der Waals surface area (Å²) < 4.78 is 0. The smallest absolute Gasteiger partial charge is 0.278 e. The number of carbonyl (C=O) groups excluding carboxylic acids is 2. The summed E-state index contributed by atoms with van der Waals surface area (Å²) in [6.07, 6.45) is 0.706. The van der Waals surface area contributed by atoms with Crippen molar-refractivity contribution in [3.05, 3.63) is 42.5 Å². The lowest BCUT2D eigenvalue weighted by Crippen LogP contribution is -2.68. The predicted octanol–water partition coefficient (Wildman–Crippen LogP) is 1.55. The summed E-state index contributed by atoms with van der Waals surface area (Å²) in [6.45, 7) is 4.03. The van der Waals surface area contributed by atoms with Gasteiger partial charge in [0.2, 0.25) is 5.91 Å². The minimum absolute atomic E-state index is 0.0459. The van der Waals surface area contributed by atoms with E-state index < -0.39 is 0 Å². The van der Waals surface area contributed by atoms with Crippen LogP contribution in [0.1, 0.15) is 20.3 Å². The zero-order valence-corrected chi connectivity index (χ0v) is 13.6. The zero-order valence-electron chi connectivity index (χ0n) is 13.6. The molecule has 0 spiro atoms. The highest BCUT2D eigenvalue weighted by Gasteiger charge is 2.18. The lowest BCUT2D eigenvalue weighted by atomic mass is 10.0. The van der Waals surface area contributed by atoms with Gasteiger partial charge in [0, 0.05) is 12.1 Å². The molecular weight excluding hydrogens is 290 g/mol. The molecule has 2 aromatic carbocycles. The van der Waals surface area contributed by atoms with Crippen molar-refractivity contribution in [3.8, 4) is 0 Å². The van der Waals surface area contributed by atoms with Gasteiger partial charge in [0.05, 0.1) is 6.54 Å². The van der Waals surface area contributed by atoms with Gasteiger partial charge in [0.15, 0.2) is 6.04 Å². The van der Waals surface area contributed by atoms with E-state index in [0.29, 0.717) is 12.3 Å². The average Bonchev–Trinajstić information content (AvgIpc) is 2.51. The SMILES string of the molecule is CC(C)C[C@H]([NH3+])C(=O)NCC(=O)Nc1ccc2ccccc2c1. The maximum atomic E-state index is 12.0. The number of anilines is 1. The molecule has 5 nitrogen and oxygen atoms in total. The van der Waals surface area contributed by atoms with Crippen LogP contribution in [0.4, 0.5) is 5.69 Å². The second-order valence-corrected chi connectivity index (χ2v) is 6.15. The van der Waals surface area contributed by atoms with Crippen molar-refractivity contribution in [1.29, 1.82) is 0 Å². The van der Waals surface area contributed by atoms with Crippen LogP contribution >= 0.6 is 0 Å². The minimum Gasteiger partial charge on any atom is -0.347 e. The topological polar surface area (TPSA) is 85.8 Å². The first kappa shape index (κ1) is 17.0. The molecule has 5 N–H and O–H groups in total. The lowest BCUT2D eigenvalue weighted by molar-refractivity contribution is -0.406. The first-order valence-electron chi connectivity index (χ1n) is 7.85. The highest BCUT2D eigenvalue weighted by atomic mass is 16.2. The van der Waals surface area contributed by atoms with Crippen molar-refractivity contribution in [3.63, 3.8) is 0 Å². The molecule has 0 radical (unpaired) electrons. The van der Waals surface area contributed by atoms with Crippen LogP contribution in [0.5, 0.6) is 0 Å². The Morgan fingerprint density at radius 3 is 2.48 bits per heavy atom. The van der Waals surface area contributed by atoms with Crippen LogP contribution in [0.2, 0.25) is 0 Å². The zero-order chi connectivity index (χ0) is 16.8. The van der Waals surface area contributed by atoms with Gasteiger partial charge in [-0.25, -0.2) is 0 Å². The van der Waals surface area contributed by atoms with E-state index in [1.165, 1.54) is 0 Å². The molecule has 122 valence electrons. The number of rotatable bonds is 6. The fraction of sp³-hybridized carbons (Fsp3) is 0.333. The molecule has 23 heavy (non-hydrogen) atoms. The predicted molar refractivity (Wildman–Crippen MR) is 91.7 cm³/mol. The second-order valence-electron chi connectivity index (χ2n) is 6.15. The van der Waals surface area contributed by atoms with Crippen LogP contribution in [0.25, 0.3) is 10.8 Å². The van der Waals surface area contributed by atoms with Gasteiger partial charge < -0.3 is 16.4 Å². The maximum absolute atomic E-state index is 12.0. The van der Waals surface area contributed by atoms with Gasteiger partial charge in [0.25, 0.3) is 5.91 Å². The first-order chi connectivity index (χ1) is 11.0. The minimum atomic E-state index is -0.330. The number of quaternary nitrogens is 1. The quantitative estimate of drug-likeness (QED) is 0.755. The standard InChI is InChI=1S/C18H23N3O2/c1-12(2)9-16(19)18(23)20-11-17(22)21-15-8-7-13-5-3-4-6-14(13)10-15/h3-8,10,12,16H,9,11,19H2,1-2H3,(H,20,23)(H,21,22)/p+1/t16-/m0/s1. The number of nitrogens with one attached hydrogen (secondary N) is 2. The van der Waals surface area contributed by atoms with E-state index >= 15 is 0 Å². The number of hydrogen-bond donors (Lipinski definition) is 3. The lowest BCUT2D eigenvalue weighted by Gasteiger charge is -2.12. The summed E-state index contributed by atoms with van der Waals surface area (Å²) in [5.41, 5.74) is 4.55. The van der Waals surface area contributed by atoms with Gasteiger partial charge in [-0.05, 0) is 28.8 Å². The largest absolute Gasteiger partial charge is 0.347 e. The highest BCUT2D eigenvalue weighted by Crippen LogP contribution is 2.18. The van der Waals surface area contributed by atoms with Crippen molar-refractivity contribution >= 4 is 28.3 Å². The summed E-state index contributed by atoms with van der Waals surface area (Å²) in [6, 6.07) is 13.3. The number of hydrogen-bond acceptors (Lipinski definition) is 2. The second kappa shape index (κ2) is 7.74. The molecule has 1 atom stereocenters. The summed E-state index contributed by atoms with van der Waals surface area (Å²) in [5, 5.41) is 7.60. The molecule has 0 aliphatic carbocycles. The monoisotopic (exact) mass is 314 g/mol. The number of amides is 2. The molecule has 2 amide bonds. The Balaban J connectivity index is 1.87. The number of fused-ring (bicyclic) bond motifs is 1. The van der Waals surface area contributed by atoms with Crippen molar-refractivity contribution < 1.29 is 15.3 Å². The Hall–Kier alpha value is -2.40. The van der Waals surface area contributed by atoms with Crippen LogP contribution < -0.4 is 16.4 Å². The molecule has 0 aliphatic rings. The van der Waals surface area contributed by atoms with Crippen LogP contribution in [-0.2, 0) is 9.59 Å². The van der Waals surface area contributed by atoms with E-state index in [2.05, 4.69) is 16.4 Å². The average molecular weight is 314 g/mol. The van der Waals surface area contributed by atoms with E-state index in [-0.39, 0.29) is 24.4 Å². The molecule has 0 aliphatic heterocycles. The van der Waals surface area contributed by atoms with Crippen molar-refractivity contribution in [2.45, 2.75) is 26.3 Å². The van der Waals surface area contributed by atoms with E-state index in [9.17, 15) is 9.59 Å². The van der Waals surface area contributed by atoms with E-state index in [4.69, 9.17) is 0 Å². The molecule has 2 aromatic rings. The van der Waals surface area contributed by atoms with E-state index in [1.807, 2.05) is 56.3 Å². The fourth-order valence-corrected chi connectivity index (χ4v) is 2.46. The third-order valence-corrected chi connectivity index (χ3v) is 3.58. The summed E-state index contributed by atoms with van der Waals surface area (Å²) >= 11 is 0. The van der Waals surface area contributed by atoms with E-state index in [0.717, 1.165) is 16.5 Å².